The van der Waals surface area contributed by atoms with Crippen molar-refractivity contribution in [1.29, 1.82) is 0 Å². The lowest BCUT2D eigenvalue weighted by atomic mass is 9.96. The molecule has 2 rings (SSSR count). The Morgan fingerprint density at radius 3 is 2.70 bits per heavy atom. The molecule has 1 aliphatic rings. The lowest BCUT2D eigenvalue weighted by molar-refractivity contribution is -0.385. The first kappa shape index (κ1) is 17.7. The molecule has 1 saturated heterocycles. The molecule has 1 atom stereocenters. The third-order valence-corrected chi connectivity index (χ3v) is 5.29. The number of primary sulfonamides is 1. The van der Waals surface area contributed by atoms with Crippen LogP contribution in [0.1, 0.15) is 39.0 Å². The summed E-state index contributed by atoms with van der Waals surface area (Å²) in [7, 11) is -4.02. The highest BCUT2D eigenvalue weighted by atomic mass is 32.2. The van der Waals surface area contributed by atoms with Gasteiger partial charge in [-0.1, -0.05) is 19.8 Å². The number of hydrogen-bond acceptors (Lipinski definition) is 5. The smallest absolute Gasteiger partial charge is 0.270 e. The van der Waals surface area contributed by atoms with Crippen LogP contribution in [0.25, 0.3) is 0 Å². The number of sulfonamides is 1. The van der Waals surface area contributed by atoms with Gasteiger partial charge >= 0.3 is 0 Å². The highest BCUT2D eigenvalue weighted by Gasteiger charge is 2.24. The van der Waals surface area contributed by atoms with E-state index in [4.69, 9.17) is 5.14 Å². The summed E-state index contributed by atoms with van der Waals surface area (Å²) in [5.74, 6) is 0.654. The number of nitro benzene ring substituents is 1. The van der Waals surface area contributed by atoms with Gasteiger partial charge in [0.15, 0.2) is 0 Å². The maximum atomic E-state index is 11.9. The summed E-state index contributed by atoms with van der Waals surface area (Å²) < 4.78 is 23.7. The Balaban J connectivity index is 2.33. The van der Waals surface area contributed by atoms with Crippen LogP contribution in [0.3, 0.4) is 0 Å². The van der Waals surface area contributed by atoms with Gasteiger partial charge in [-0.25, -0.2) is 13.6 Å². The van der Waals surface area contributed by atoms with Crippen molar-refractivity contribution in [2.75, 3.05) is 18.0 Å². The van der Waals surface area contributed by atoms with Gasteiger partial charge in [0.2, 0.25) is 10.0 Å². The van der Waals surface area contributed by atoms with Crippen molar-refractivity contribution in [2.24, 2.45) is 11.1 Å². The Labute approximate surface area is 136 Å². The molecule has 1 fully saturated rings. The van der Waals surface area contributed by atoms with E-state index in [0.29, 0.717) is 11.6 Å². The van der Waals surface area contributed by atoms with Crippen LogP contribution in [-0.4, -0.2) is 26.4 Å². The van der Waals surface area contributed by atoms with E-state index in [1.54, 1.807) is 0 Å². The van der Waals surface area contributed by atoms with E-state index in [1.165, 1.54) is 18.6 Å². The second kappa shape index (κ2) is 7.27. The fourth-order valence-corrected chi connectivity index (χ4v) is 3.98. The summed E-state index contributed by atoms with van der Waals surface area (Å²) in [6, 6.07) is 3.88. The molecule has 23 heavy (non-hydrogen) atoms. The first-order chi connectivity index (χ1) is 10.8. The SMILES string of the molecule is CCCC1CCCN(c2ccc([N+](=O)[O-])cc2S(N)(=O)=O)CC1. The van der Waals surface area contributed by atoms with E-state index in [2.05, 4.69) is 6.92 Å². The quantitative estimate of drug-likeness (QED) is 0.654. The maximum absolute atomic E-state index is 11.9. The van der Waals surface area contributed by atoms with Crippen LogP contribution in [0.15, 0.2) is 23.1 Å². The molecule has 1 aromatic carbocycles. The van der Waals surface area contributed by atoms with Crippen molar-refractivity contribution in [3.63, 3.8) is 0 Å². The summed E-state index contributed by atoms with van der Waals surface area (Å²) in [4.78, 5) is 12.1. The van der Waals surface area contributed by atoms with E-state index < -0.39 is 14.9 Å². The third kappa shape index (κ3) is 4.42. The number of nitro groups is 1. The summed E-state index contributed by atoms with van der Waals surface area (Å²) in [5.41, 5.74) is 0.201. The second-order valence-electron chi connectivity index (χ2n) is 6.03. The average molecular weight is 341 g/mol. The highest BCUT2D eigenvalue weighted by molar-refractivity contribution is 7.89. The number of non-ortho nitro benzene ring substituents is 1. The predicted molar refractivity (Wildman–Crippen MR) is 88.9 cm³/mol. The first-order valence-electron chi connectivity index (χ1n) is 7.89. The number of benzene rings is 1. The molecule has 8 heteroatoms. The summed E-state index contributed by atoms with van der Waals surface area (Å²) in [5, 5.41) is 16.2. The second-order valence-corrected chi connectivity index (χ2v) is 7.56. The summed E-state index contributed by atoms with van der Waals surface area (Å²) in [6.07, 6.45) is 5.42. The van der Waals surface area contributed by atoms with Crippen molar-refractivity contribution < 1.29 is 13.3 Å². The first-order valence-corrected chi connectivity index (χ1v) is 9.43. The molecular weight excluding hydrogens is 318 g/mol. The lowest BCUT2D eigenvalue weighted by Gasteiger charge is -2.24. The summed E-state index contributed by atoms with van der Waals surface area (Å²) >= 11 is 0. The Kier molecular flexibility index (Phi) is 5.59. The van der Waals surface area contributed by atoms with Crippen LogP contribution < -0.4 is 10.0 Å². The van der Waals surface area contributed by atoms with E-state index in [0.717, 1.165) is 44.8 Å². The minimum absolute atomic E-state index is 0.166. The highest BCUT2D eigenvalue weighted by Crippen LogP contribution is 2.32. The molecule has 1 unspecified atom stereocenters. The molecule has 0 aromatic heterocycles. The molecule has 7 nitrogen and oxygen atoms in total. The van der Waals surface area contributed by atoms with Gasteiger partial charge in [-0.3, -0.25) is 10.1 Å². The predicted octanol–water partition coefficient (Wildman–Crippen LogP) is 2.65. The van der Waals surface area contributed by atoms with Gasteiger partial charge in [-0.05, 0) is 31.2 Å². The van der Waals surface area contributed by atoms with Gasteiger partial charge < -0.3 is 4.90 Å². The molecule has 0 bridgehead atoms. The van der Waals surface area contributed by atoms with Gasteiger partial charge in [0, 0.05) is 25.2 Å². The van der Waals surface area contributed by atoms with Crippen molar-refractivity contribution in [1.82, 2.24) is 0 Å². The van der Waals surface area contributed by atoms with E-state index in [-0.39, 0.29) is 10.6 Å². The monoisotopic (exact) mass is 341 g/mol. The minimum Gasteiger partial charge on any atom is -0.370 e. The van der Waals surface area contributed by atoms with E-state index in [9.17, 15) is 18.5 Å². The topological polar surface area (TPSA) is 107 Å². The number of hydrogen-bond donors (Lipinski definition) is 1. The van der Waals surface area contributed by atoms with Crippen molar-refractivity contribution >= 4 is 21.4 Å². The van der Waals surface area contributed by atoms with Crippen LogP contribution in [0, 0.1) is 16.0 Å². The lowest BCUT2D eigenvalue weighted by Crippen LogP contribution is -2.27. The molecule has 0 spiro atoms. The number of nitrogens with two attached hydrogens (primary N) is 1. The number of nitrogens with zero attached hydrogens (tertiary/aromatic N) is 2. The minimum atomic E-state index is -4.02. The third-order valence-electron chi connectivity index (χ3n) is 4.35. The van der Waals surface area contributed by atoms with Crippen LogP contribution >= 0.6 is 0 Å². The number of rotatable bonds is 5. The van der Waals surface area contributed by atoms with Crippen molar-refractivity contribution in [3.05, 3.63) is 28.3 Å². The Hall–Kier alpha value is -1.67. The molecule has 0 radical (unpaired) electrons. The van der Waals surface area contributed by atoms with Crippen molar-refractivity contribution in [2.45, 2.75) is 43.9 Å². The van der Waals surface area contributed by atoms with E-state index >= 15 is 0 Å². The Bertz CT molecular complexity index is 675. The molecule has 1 aliphatic heterocycles. The molecule has 0 aliphatic carbocycles. The molecule has 128 valence electrons. The fraction of sp³-hybridized carbons (Fsp3) is 0.600. The van der Waals surface area contributed by atoms with Crippen LogP contribution in [0.4, 0.5) is 11.4 Å². The Morgan fingerprint density at radius 1 is 1.35 bits per heavy atom. The molecule has 0 saturated carbocycles. The zero-order valence-corrected chi connectivity index (χ0v) is 14.1. The standard InChI is InChI=1S/C15H23N3O4S/c1-2-4-12-5-3-9-17(10-8-12)14-7-6-13(18(19)20)11-15(14)23(16,21)22/h6-7,11-12H,2-5,8-10H2,1H3,(H2,16,21,22). The van der Waals surface area contributed by atoms with Gasteiger partial charge in [0.1, 0.15) is 4.90 Å². The fourth-order valence-electron chi connectivity index (χ4n) is 3.21. The molecule has 2 N–H and O–H groups in total. The zero-order chi connectivity index (χ0) is 17.0. The van der Waals surface area contributed by atoms with Crippen LogP contribution in [-0.2, 0) is 10.0 Å². The molecule has 0 amide bonds. The average Bonchev–Trinajstić information content (AvgIpc) is 2.72. The molecular formula is C15H23N3O4S. The van der Waals surface area contributed by atoms with Crippen LogP contribution in [0.5, 0.6) is 0 Å². The van der Waals surface area contributed by atoms with Gasteiger partial charge in [-0.15, -0.1) is 0 Å². The Morgan fingerprint density at radius 2 is 2.09 bits per heavy atom. The van der Waals surface area contributed by atoms with E-state index in [1.807, 2.05) is 4.90 Å². The van der Waals surface area contributed by atoms with Crippen molar-refractivity contribution in [3.8, 4) is 0 Å². The van der Waals surface area contributed by atoms with Gasteiger partial charge in [-0.2, -0.15) is 0 Å². The zero-order valence-electron chi connectivity index (χ0n) is 13.3. The van der Waals surface area contributed by atoms with Gasteiger partial charge in [0.05, 0.1) is 10.6 Å². The van der Waals surface area contributed by atoms with Crippen LogP contribution in [0.2, 0.25) is 0 Å². The molecule has 1 heterocycles. The summed E-state index contributed by atoms with van der Waals surface area (Å²) in [6.45, 7) is 3.64. The van der Waals surface area contributed by atoms with Gasteiger partial charge in [0.25, 0.3) is 5.69 Å². The normalized spacial score (nSPS) is 19.4. The molecule has 1 aromatic rings. The largest absolute Gasteiger partial charge is 0.370 e. The maximum Gasteiger partial charge on any atom is 0.270 e. The number of anilines is 1.